The van der Waals surface area contributed by atoms with Gasteiger partial charge < -0.3 is 5.11 Å². The molecule has 3 heteroatoms. The SMILES string of the molecule is CC1CCC(SCC(C)C(=O)O)CC1. The maximum atomic E-state index is 10.6. The van der Waals surface area contributed by atoms with E-state index in [4.69, 9.17) is 5.11 Å². The Hall–Kier alpha value is -0.180. The number of carboxylic acid groups (broad SMARTS) is 1. The fourth-order valence-corrected chi connectivity index (χ4v) is 3.06. The standard InChI is InChI=1S/C11H20O2S/c1-8-3-5-10(6-4-8)14-7-9(2)11(12)13/h8-10H,3-7H2,1-2H3,(H,12,13). The van der Waals surface area contributed by atoms with Crippen molar-refractivity contribution in [3.8, 4) is 0 Å². The Kier molecular flexibility index (Phi) is 4.79. The van der Waals surface area contributed by atoms with E-state index in [2.05, 4.69) is 6.92 Å². The molecule has 0 amide bonds. The van der Waals surface area contributed by atoms with Gasteiger partial charge in [-0.05, 0) is 31.6 Å². The normalized spacial score (nSPS) is 29.9. The Labute approximate surface area is 90.5 Å². The van der Waals surface area contributed by atoms with E-state index < -0.39 is 5.97 Å². The summed E-state index contributed by atoms with van der Waals surface area (Å²) in [6, 6.07) is 0. The van der Waals surface area contributed by atoms with E-state index in [9.17, 15) is 4.79 Å². The Morgan fingerprint density at radius 3 is 2.50 bits per heavy atom. The average Bonchev–Trinajstić information content (AvgIpc) is 2.16. The summed E-state index contributed by atoms with van der Waals surface area (Å²) in [6.07, 6.45) is 5.19. The van der Waals surface area contributed by atoms with Crippen LogP contribution in [0.4, 0.5) is 0 Å². The molecular formula is C11H20O2S. The first-order valence-electron chi connectivity index (χ1n) is 5.44. The van der Waals surface area contributed by atoms with Gasteiger partial charge in [0.1, 0.15) is 0 Å². The van der Waals surface area contributed by atoms with Crippen LogP contribution in [-0.2, 0) is 4.79 Å². The van der Waals surface area contributed by atoms with Crippen LogP contribution < -0.4 is 0 Å². The molecule has 0 aromatic rings. The summed E-state index contributed by atoms with van der Waals surface area (Å²) in [7, 11) is 0. The van der Waals surface area contributed by atoms with Gasteiger partial charge in [0.25, 0.3) is 0 Å². The van der Waals surface area contributed by atoms with E-state index in [1.165, 1.54) is 25.7 Å². The highest BCUT2D eigenvalue weighted by Gasteiger charge is 2.20. The van der Waals surface area contributed by atoms with Crippen molar-refractivity contribution in [2.24, 2.45) is 11.8 Å². The van der Waals surface area contributed by atoms with Crippen LogP contribution in [0.2, 0.25) is 0 Å². The van der Waals surface area contributed by atoms with Gasteiger partial charge in [0.05, 0.1) is 5.92 Å². The van der Waals surface area contributed by atoms with Gasteiger partial charge >= 0.3 is 5.97 Å². The minimum absolute atomic E-state index is 0.195. The van der Waals surface area contributed by atoms with Gasteiger partial charge in [-0.2, -0.15) is 11.8 Å². The maximum Gasteiger partial charge on any atom is 0.307 e. The van der Waals surface area contributed by atoms with Crippen LogP contribution in [0.1, 0.15) is 39.5 Å². The molecule has 1 fully saturated rings. The van der Waals surface area contributed by atoms with Gasteiger partial charge in [0.2, 0.25) is 0 Å². The molecule has 0 bridgehead atoms. The predicted molar refractivity (Wildman–Crippen MR) is 60.7 cm³/mol. The van der Waals surface area contributed by atoms with Crippen molar-refractivity contribution in [3.05, 3.63) is 0 Å². The molecule has 1 unspecified atom stereocenters. The largest absolute Gasteiger partial charge is 0.481 e. The second-order valence-corrected chi connectivity index (χ2v) is 5.79. The zero-order valence-electron chi connectivity index (χ0n) is 9.03. The summed E-state index contributed by atoms with van der Waals surface area (Å²) >= 11 is 1.85. The van der Waals surface area contributed by atoms with Gasteiger partial charge in [-0.1, -0.05) is 13.8 Å². The quantitative estimate of drug-likeness (QED) is 0.785. The zero-order chi connectivity index (χ0) is 10.6. The minimum atomic E-state index is -0.665. The maximum absolute atomic E-state index is 10.6. The molecule has 1 rings (SSSR count). The Morgan fingerprint density at radius 1 is 1.43 bits per heavy atom. The summed E-state index contributed by atoms with van der Waals surface area (Å²) in [5.74, 6) is 0.791. The van der Waals surface area contributed by atoms with Gasteiger partial charge in [-0.15, -0.1) is 0 Å². The molecule has 82 valence electrons. The lowest BCUT2D eigenvalue weighted by Crippen LogP contribution is -2.18. The van der Waals surface area contributed by atoms with Crippen molar-refractivity contribution in [3.63, 3.8) is 0 Å². The summed E-state index contributed by atoms with van der Waals surface area (Å²) in [5, 5.41) is 9.46. The number of aliphatic carboxylic acids is 1. The summed E-state index contributed by atoms with van der Waals surface area (Å²) in [5.41, 5.74) is 0. The minimum Gasteiger partial charge on any atom is -0.481 e. The van der Waals surface area contributed by atoms with E-state index in [0.717, 1.165) is 11.7 Å². The molecule has 0 saturated heterocycles. The highest BCUT2D eigenvalue weighted by molar-refractivity contribution is 7.99. The lowest BCUT2D eigenvalue weighted by Gasteiger charge is -2.26. The van der Waals surface area contributed by atoms with E-state index in [0.29, 0.717) is 5.25 Å². The number of carbonyl (C=O) groups is 1. The van der Waals surface area contributed by atoms with Crippen LogP contribution in [-0.4, -0.2) is 22.1 Å². The van der Waals surface area contributed by atoms with Crippen molar-refractivity contribution in [1.29, 1.82) is 0 Å². The highest BCUT2D eigenvalue weighted by Crippen LogP contribution is 2.32. The number of rotatable bonds is 4. The van der Waals surface area contributed by atoms with Crippen molar-refractivity contribution < 1.29 is 9.90 Å². The molecule has 1 N–H and O–H groups in total. The molecule has 0 aromatic heterocycles. The third kappa shape index (κ3) is 3.91. The first kappa shape index (κ1) is 11.9. The van der Waals surface area contributed by atoms with Crippen LogP contribution in [0.3, 0.4) is 0 Å². The number of hydrogen-bond acceptors (Lipinski definition) is 2. The van der Waals surface area contributed by atoms with Gasteiger partial charge in [-0.25, -0.2) is 0 Å². The smallest absolute Gasteiger partial charge is 0.307 e. The zero-order valence-corrected chi connectivity index (χ0v) is 9.85. The highest BCUT2D eigenvalue weighted by atomic mass is 32.2. The molecule has 1 aliphatic rings. The summed E-state index contributed by atoms with van der Waals surface area (Å²) < 4.78 is 0. The Balaban J connectivity index is 2.16. The monoisotopic (exact) mass is 216 g/mol. The van der Waals surface area contributed by atoms with E-state index in [-0.39, 0.29) is 5.92 Å². The molecule has 0 spiro atoms. The van der Waals surface area contributed by atoms with Crippen LogP contribution in [0.25, 0.3) is 0 Å². The summed E-state index contributed by atoms with van der Waals surface area (Å²) in [6.45, 7) is 4.10. The van der Waals surface area contributed by atoms with Crippen molar-refractivity contribution in [2.45, 2.75) is 44.8 Å². The molecule has 0 radical (unpaired) electrons. The number of carboxylic acids is 1. The average molecular weight is 216 g/mol. The lowest BCUT2D eigenvalue weighted by molar-refractivity contribution is -0.140. The fraction of sp³-hybridized carbons (Fsp3) is 0.909. The molecule has 1 saturated carbocycles. The van der Waals surface area contributed by atoms with Crippen LogP contribution in [0.5, 0.6) is 0 Å². The van der Waals surface area contributed by atoms with Crippen molar-refractivity contribution in [1.82, 2.24) is 0 Å². The van der Waals surface area contributed by atoms with Crippen LogP contribution >= 0.6 is 11.8 Å². The molecule has 0 heterocycles. The molecule has 1 atom stereocenters. The van der Waals surface area contributed by atoms with E-state index in [1.54, 1.807) is 6.92 Å². The molecule has 0 aliphatic heterocycles. The molecule has 2 nitrogen and oxygen atoms in total. The molecular weight excluding hydrogens is 196 g/mol. The Bertz CT molecular complexity index is 186. The van der Waals surface area contributed by atoms with Crippen LogP contribution in [0, 0.1) is 11.8 Å². The topological polar surface area (TPSA) is 37.3 Å². The number of thioether (sulfide) groups is 1. The van der Waals surface area contributed by atoms with Gasteiger partial charge in [-0.3, -0.25) is 4.79 Å². The second-order valence-electron chi connectivity index (χ2n) is 4.45. The third-order valence-corrected chi connectivity index (χ3v) is 4.60. The van der Waals surface area contributed by atoms with Crippen molar-refractivity contribution >= 4 is 17.7 Å². The third-order valence-electron chi connectivity index (χ3n) is 2.97. The van der Waals surface area contributed by atoms with Gasteiger partial charge in [0.15, 0.2) is 0 Å². The molecule has 1 aliphatic carbocycles. The Morgan fingerprint density at radius 2 is 2.00 bits per heavy atom. The molecule has 14 heavy (non-hydrogen) atoms. The summed E-state index contributed by atoms with van der Waals surface area (Å²) in [4.78, 5) is 10.6. The fourth-order valence-electron chi connectivity index (χ4n) is 1.75. The first-order valence-corrected chi connectivity index (χ1v) is 6.49. The van der Waals surface area contributed by atoms with Gasteiger partial charge in [0, 0.05) is 11.0 Å². The lowest BCUT2D eigenvalue weighted by atomic mass is 9.91. The van der Waals surface area contributed by atoms with Crippen molar-refractivity contribution in [2.75, 3.05) is 5.75 Å². The molecule has 0 aromatic carbocycles. The van der Waals surface area contributed by atoms with Crippen LogP contribution in [0.15, 0.2) is 0 Å². The first-order chi connectivity index (χ1) is 6.59. The number of hydrogen-bond donors (Lipinski definition) is 1. The predicted octanol–water partition coefficient (Wildman–Crippen LogP) is 3.02. The van der Waals surface area contributed by atoms with E-state index in [1.807, 2.05) is 11.8 Å². The second kappa shape index (κ2) is 5.64. The van der Waals surface area contributed by atoms with E-state index >= 15 is 0 Å².